The molecule has 4 heteroatoms. The smallest absolute Gasteiger partial charge is 0.150 e. The molecule has 0 amide bonds. The van der Waals surface area contributed by atoms with Crippen LogP contribution in [0.15, 0.2) is 36.4 Å². The van der Waals surface area contributed by atoms with Gasteiger partial charge in [0.25, 0.3) is 0 Å². The van der Waals surface area contributed by atoms with Gasteiger partial charge >= 0.3 is 0 Å². The summed E-state index contributed by atoms with van der Waals surface area (Å²) in [6, 6.07) is 11.8. The molecule has 1 heterocycles. The van der Waals surface area contributed by atoms with Crippen LogP contribution in [0.4, 0.5) is 0 Å². The van der Waals surface area contributed by atoms with E-state index in [1.165, 1.54) is 11.1 Å². The molecule has 0 aromatic heterocycles. The largest absolute Gasteiger partial charge is 0.497 e. The Morgan fingerprint density at radius 2 is 1.86 bits per heavy atom. The molecule has 0 bridgehead atoms. The highest BCUT2D eigenvalue weighted by molar-refractivity contribution is 5.75. The van der Waals surface area contributed by atoms with Crippen molar-refractivity contribution in [2.75, 3.05) is 14.2 Å². The van der Waals surface area contributed by atoms with E-state index in [-0.39, 0.29) is 0 Å². The molecule has 3 rings (SSSR count). The predicted molar refractivity (Wildman–Crippen MR) is 84.3 cm³/mol. The first kappa shape index (κ1) is 14.6. The Morgan fingerprint density at radius 3 is 2.59 bits per heavy atom. The Balaban J connectivity index is 1.77. The number of rotatable bonds is 5. The minimum absolute atomic E-state index is 0.739. The maximum absolute atomic E-state index is 10.9. The molecule has 0 N–H and O–H groups in total. The second-order valence-electron chi connectivity index (χ2n) is 5.47. The number of hydrogen-bond acceptors (Lipinski definition) is 4. The van der Waals surface area contributed by atoms with Gasteiger partial charge in [0.15, 0.2) is 0 Å². The lowest BCUT2D eigenvalue weighted by atomic mass is 10.1. The highest BCUT2D eigenvalue weighted by Gasteiger charge is 2.20. The average molecular weight is 297 g/mol. The third-order valence-electron chi connectivity index (χ3n) is 4.04. The van der Waals surface area contributed by atoms with Crippen molar-refractivity contribution in [3.05, 3.63) is 58.7 Å². The van der Waals surface area contributed by atoms with Gasteiger partial charge in [-0.1, -0.05) is 18.2 Å². The zero-order valence-electron chi connectivity index (χ0n) is 12.8. The minimum Gasteiger partial charge on any atom is -0.497 e. The zero-order chi connectivity index (χ0) is 15.5. The number of aldehydes is 1. The molecule has 1 aliphatic rings. The van der Waals surface area contributed by atoms with Crippen LogP contribution in [0.25, 0.3) is 0 Å². The molecule has 0 radical (unpaired) electrons. The summed E-state index contributed by atoms with van der Waals surface area (Å²) in [6.45, 7) is 2.55. The number of fused-ring (bicyclic) bond motifs is 1. The Morgan fingerprint density at radius 1 is 1.05 bits per heavy atom. The lowest BCUT2D eigenvalue weighted by Crippen LogP contribution is -2.16. The fourth-order valence-electron chi connectivity index (χ4n) is 2.89. The van der Waals surface area contributed by atoms with Crippen molar-refractivity contribution < 1.29 is 14.3 Å². The fourth-order valence-corrected chi connectivity index (χ4v) is 2.89. The van der Waals surface area contributed by atoms with Gasteiger partial charge in [0, 0.05) is 36.8 Å². The van der Waals surface area contributed by atoms with E-state index < -0.39 is 0 Å². The number of nitrogens with zero attached hydrogens (tertiary/aromatic N) is 1. The van der Waals surface area contributed by atoms with Gasteiger partial charge in [0.05, 0.1) is 14.2 Å². The van der Waals surface area contributed by atoms with Crippen molar-refractivity contribution in [3.8, 4) is 11.5 Å². The summed E-state index contributed by atoms with van der Waals surface area (Å²) >= 11 is 0. The molecule has 2 aromatic rings. The number of benzene rings is 2. The van der Waals surface area contributed by atoms with Crippen molar-refractivity contribution in [2.24, 2.45) is 0 Å². The maximum Gasteiger partial charge on any atom is 0.150 e. The first-order valence-electron chi connectivity index (χ1n) is 7.23. The number of carbonyl (C=O) groups is 1. The lowest BCUT2D eigenvalue weighted by Gasteiger charge is -2.17. The van der Waals surface area contributed by atoms with Gasteiger partial charge < -0.3 is 9.47 Å². The average Bonchev–Trinajstić information content (AvgIpc) is 2.96. The number of carbonyl (C=O) groups excluding carboxylic acids is 1. The van der Waals surface area contributed by atoms with E-state index in [4.69, 9.17) is 9.47 Å². The summed E-state index contributed by atoms with van der Waals surface area (Å²) in [7, 11) is 3.32. The fraction of sp³-hybridized carbons (Fsp3) is 0.278. The van der Waals surface area contributed by atoms with Crippen molar-refractivity contribution in [2.45, 2.75) is 19.6 Å². The molecule has 0 aliphatic carbocycles. The molecular formula is C18H19NO3. The van der Waals surface area contributed by atoms with Crippen LogP contribution in [-0.4, -0.2) is 25.4 Å². The molecule has 0 unspecified atom stereocenters. The van der Waals surface area contributed by atoms with Crippen LogP contribution in [0.1, 0.15) is 27.0 Å². The van der Waals surface area contributed by atoms with Gasteiger partial charge in [-0.15, -0.1) is 0 Å². The molecule has 2 aromatic carbocycles. The Hall–Kier alpha value is -2.33. The zero-order valence-corrected chi connectivity index (χ0v) is 12.8. The Bertz CT molecular complexity index is 697. The minimum atomic E-state index is 0.739. The molecule has 1 aliphatic heterocycles. The van der Waals surface area contributed by atoms with Crippen molar-refractivity contribution in [1.82, 2.24) is 4.90 Å². The van der Waals surface area contributed by atoms with E-state index in [0.717, 1.165) is 48.5 Å². The standard InChI is InChI=1S/C18H19NO3/c1-21-17-6-5-15(18(8-17)22-2)10-19-9-14-4-3-13(12-20)7-16(14)11-19/h3-8,12H,9-11H2,1-2H3. The van der Waals surface area contributed by atoms with Crippen molar-refractivity contribution >= 4 is 6.29 Å². The normalized spacial score (nSPS) is 13.7. The van der Waals surface area contributed by atoms with E-state index in [1.807, 2.05) is 36.4 Å². The number of hydrogen-bond donors (Lipinski definition) is 0. The lowest BCUT2D eigenvalue weighted by molar-refractivity contribution is 0.112. The van der Waals surface area contributed by atoms with Gasteiger partial charge in [-0.3, -0.25) is 9.69 Å². The summed E-state index contributed by atoms with van der Waals surface area (Å²) in [6.07, 6.45) is 0.898. The van der Waals surface area contributed by atoms with Crippen LogP contribution < -0.4 is 9.47 Å². The van der Waals surface area contributed by atoms with E-state index in [9.17, 15) is 4.79 Å². The SMILES string of the molecule is COc1ccc(CN2Cc3ccc(C=O)cc3C2)c(OC)c1. The van der Waals surface area contributed by atoms with Crippen LogP contribution in [0.3, 0.4) is 0 Å². The van der Waals surface area contributed by atoms with Gasteiger partial charge in [-0.05, 0) is 23.3 Å². The quantitative estimate of drug-likeness (QED) is 0.795. The van der Waals surface area contributed by atoms with Gasteiger partial charge in [-0.2, -0.15) is 0 Å². The molecule has 0 fully saturated rings. The number of methoxy groups -OCH3 is 2. The van der Waals surface area contributed by atoms with E-state index in [1.54, 1.807) is 14.2 Å². The molecule has 4 nitrogen and oxygen atoms in total. The summed E-state index contributed by atoms with van der Waals surface area (Å²) in [4.78, 5) is 13.2. The van der Waals surface area contributed by atoms with E-state index >= 15 is 0 Å². The van der Waals surface area contributed by atoms with Crippen LogP contribution in [0, 0.1) is 0 Å². The third-order valence-corrected chi connectivity index (χ3v) is 4.04. The van der Waals surface area contributed by atoms with E-state index in [2.05, 4.69) is 4.90 Å². The molecule has 0 saturated heterocycles. The molecular weight excluding hydrogens is 278 g/mol. The monoisotopic (exact) mass is 297 g/mol. The topological polar surface area (TPSA) is 38.8 Å². The van der Waals surface area contributed by atoms with Crippen molar-refractivity contribution in [3.63, 3.8) is 0 Å². The molecule has 114 valence electrons. The van der Waals surface area contributed by atoms with Crippen molar-refractivity contribution in [1.29, 1.82) is 0 Å². The second-order valence-corrected chi connectivity index (χ2v) is 5.47. The third kappa shape index (κ3) is 2.83. The summed E-state index contributed by atoms with van der Waals surface area (Å²) in [5, 5.41) is 0. The van der Waals surface area contributed by atoms with Gasteiger partial charge in [0.2, 0.25) is 0 Å². The number of ether oxygens (including phenoxy) is 2. The Labute approximate surface area is 130 Å². The molecule has 0 atom stereocenters. The van der Waals surface area contributed by atoms with E-state index in [0.29, 0.717) is 0 Å². The van der Waals surface area contributed by atoms with Crippen LogP contribution in [0.5, 0.6) is 11.5 Å². The summed E-state index contributed by atoms with van der Waals surface area (Å²) < 4.78 is 10.7. The van der Waals surface area contributed by atoms with Gasteiger partial charge in [-0.25, -0.2) is 0 Å². The predicted octanol–water partition coefficient (Wildman–Crippen LogP) is 3.03. The van der Waals surface area contributed by atoms with Crippen LogP contribution >= 0.6 is 0 Å². The molecule has 0 saturated carbocycles. The highest BCUT2D eigenvalue weighted by Crippen LogP contribution is 2.29. The summed E-state index contributed by atoms with van der Waals surface area (Å²) in [5.74, 6) is 1.63. The Kier molecular flexibility index (Phi) is 4.11. The highest BCUT2D eigenvalue weighted by atomic mass is 16.5. The van der Waals surface area contributed by atoms with Crippen LogP contribution in [-0.2, 0) is 19.6 Å². The summed E-state index contributed by atoms with van der Waals surface area (Å²) in [5.41, 5.74) is 4.39. The first-order valence-corrected chi connectivity index (χ1v) is 7.23. The maximum atomic E-state index is 10.9. The van der Waals surface area contributed by atoms with Crippen LogP contribution in [0.2, 0.25) is 0 Å². The second kappa shape index (κ2) is 6.20. The molecule has 22 heavy (non-hydrogen) atoms. The first-order chi connectivity index (χ1) is 10.7. The molecule has 0 spiro atoms. The van der Waals surface area contributed by atoms with Gasteiger partial charge in [0.1, 0.15) is 17.8 Å².